The minimum absolute atomic E-state index is 0.194. The molecule has 0 unspecified atom stereocenters. The highest BCUT2D eigenvalue weighted by atomic mass is 14.7. The molecule has 3 nitrogen and oxygen atoms in total. The van der Waals surface area contributed by atoms with E-state index in [-0.39, 0.29) is 11.8 Å². The third-order valence-corrected chi connectivity index (χ3v) is 2.42. The summed E-state index contributed by atoms with van der Waals surface area (Å²) < 4.78 is 0. The first kappa shape index (κ1) is 12.2. The highest BCUT2D eigenvalue weighted by Crippen LogP contribution is 2.24. The van der Waals surface area contributed by atoms with Gasteiger partial charge in [0.05, 0.1) is 22.5 Å². The molecule has 16 heavy (non-hydrogen) atoms. The lowest BCUT2D eigenvalue weighted by atomic mass is 9.97. The van der Waals surface area contributed by atoms with Crippen LogP contribution in [0.2, 0.25) is 0 Å². The van der Waals surface area contributed by atoms with Crippen molar-refractivity contribution >= 4 is 0 Å². The Labute approximate surface area is 96.4 Å². The van der Waals surface area contributed by atoms with Gasteiger partial charge in [-0.05, 0) is 17.9 Å². The van der Waals surface area contributed by atoms with Gasteiger partial charge in [0.1, 0.15) is 12.1 Å². The Morgan fingerprint density at radius 3 is 1.56 bits per heavy atom. The molecule has 1 aromatic rings. The number of nitrogens with zero attached hydrogens (tertiary/aromatic N) is 3. The third-order valence-electron chi connectivity index (χ3n) is 2.42. The van der Waals surface area contributed by atoms with E-state index in [1.807, 2.05) is 27.7 Å². The number of rotatable bonds is 2. The van der Waals surface area contributed by atoms with Gasteiger partial charge in [-0.15, -0.1) is 0 Å². The summed E-state index contributed by atoms with van der Waals surface area (Å²) in [5.74, 6) is 0.389. The molecule has 0 radical (unpaired) electrons. The highest BCUT2D eigenvalue weighted by Gasteiger charge is 2.15. The van der Waals surface area contributed by atoms with E-state index >= 15 is 0 Å². The zero-order valence-electron chi connectivity index (χ0n) is 10.1. The molecule has 0 aliphatic carbocycles. The Morgan fingerprint density at radius 2 is 1.31 bits per heavy atom. The molecule has 0 N–H and O–H groups in total. The zero-order valence-corrected chi connectivity index (χ0v) is 10.1. The number of aromatic nitrogens is 1. The molecule has 0 amide bonds. The molecule has 0 spiro atoms. The number of hydrogen-bond donors (Lipinski definition) is 0. The van der Waals surface area contributed by atoms with Crippen LogP contribution in [0.3, 0.4) is 0 Å². The maximum atomic E-state index is 9.02. The Balaban J connectivity index is 3.50. The molecule has 0 bridgehead atoms. The molecule has 0 aromatic carbocycles. The van der Waals surface area contributed by atoms with Gasteiger partial charge in [-0.3, -0.25) is 4.98 Å². The molecule has 82 valence electrons. The fraction of sp³-hybridized carbons (Fsp3) is 0.462. The number of hydrogen-bond acceptors (Lipinski definition) is 3. The van der Waals surface area contributed by atoms with Gasteiger partial charge in [0.2, 0.25) is 0 Å². The van der Waals surface area contributed by atoms with Crippen LogP contribution in [-0.2, 0) is 0 Å². The second-order valence-electron chi connectivity index (χ2n) is 4.39. The topological polar surface area (TPSA) is 60.5 Å². The fourth-order valence-electron chi connectivity index (χ4n) is 1.60. The smallest absolute Gasteiger partial charge is 0.101 e. The summed E-state index contributed by atoms with van der Waals surface area (Å²) in [6, 6.07) is 5.86. The van der Waals surface area contributed by atoms with Crippen LogP contribution in [0.25, 0.3) is 0 Å². The second-order valence-corrected chi connectivity index (χ2v) is 4.39. The first-order valence-corrected chi connectivity index (χ1v) is 5.36. The molecule has 0 aliphatic rings. The van der Waals surface area contributed by atoms with Crippen LogP contribution in [0.15, 0.2) is 6.07 Å². The molecule has 3 heteroatoms. The van der Waals surface area contributed by atoms with Gasteiger partial charge in [-0.1, -0.05) is 27.7 Å². The molecular formula is C13H15N3. The molecule has 0 atom stereocenters. The van der Waals surface area contributed by atoms with Crippen molar-refractivity contribution in [2.75, 3.05) is 0 Å². The maximum absolute atomic E-state index is 9.02. The van der Waals surface area contributed by atoms with Gasteiger partial charge in [-0.2, -0.15) is 10.5 Å². The number of pyridine rings is 1. The first-order valence-electron chi connectivity index (χ1n) is 5.36. The molecule has 1 rings (SSSR count). The van der Waals surface area contributed by atoms with E-state index < -0.39 is 0 Å². The SMILES string of the molecule is CC(C)c1nc(C(C)C)c(C#N)cc1C#N. The Morgan fingerprint density at radius 1 is 0.938 bits per heavy atom. The standard InChI is InChI=1S/C13H15N3/c1-8(2)12-10(6-14)5-11(7-15)13(16-12)9(3)4/h5,8-9H,1-4H3. The zero-order chi connectivity index (χ0) is 12.3. The van der Waals surface area contributed by atoms with Crippen LogP contribution in [0.4, 0.5) is 0 Å². The van der Waals surface area contributed by atoms with E-state index in [0.29, 0.717) is 11.1 Å². The van der Waals surface area contributed by atoms with Gasteiger partial charge >= 0.3 is 0 Å². The van der Waals surface area contributed by atoms with Crippen molar-refractivity contribution in [3.63, 3.8) is 0 Å². The number of nitriles is 2. The average Bonchev–Trinajstić information content (AvgIpc) is 2.26. The summed E-state index contributed by atoms with van der Waals surface area (Å²) in [5, 5.41) is 18.0. The van der Waals surface area contributed by atoms with Crippen LogP contribution in [0.5, 0.6) is 0 Å². The van der Waals surface area contributed by atoms with Crippen LogP contribution in [0.1, 0.15) is 62.0 Å². The normalized spacial score (nSPS) is 10.2. The Hall–Kier alpha value is -1.87. The quantitative estimate of drug-likeness (QED) is 0.758. The minimum Gasteiger partial charge on any atom is -0.255 e. The van der Waals surface area contributed by atoms with E-state index in [1.165, 1.54) is 0 Å². The van der Waals surface area contributed by atoms with E-state index in [1.54, 1.807) is 6.07 Å². The lowest BCUT2D eigenvalue weighted by Gasteiger charge is -2.13. The molecule has 0 saturated carbocycles. The van der Waals surface area contributed by atoms with Crippen LogP contribution in [-0.4, -0.2) is 4.98 Å². The molecule has 1 heterocycles. The van der Waals surface area contributed by atoms with Crippen molar-refractivity contribution in [3.05, 3.63) is 28.6 Å². The third kappa shape index (κ3) is 2.20. The van der Waals surface area contributed by atoms with Crippen LogP contribution in [0, 0.1) is 22.7 Å². The van der Waals surface area contributed by atoms with Crippen molar-refractivity contribution < 1.29 is 0 Å². The van der Waals surface area contributed by atoms with E-state index in [4.69, 9.17) is 10.5 Å². The Kier molecular flexibility index (Phi) is 3.64. The van der Waals surface area contributed by atoms with Crippen molar-refractivity contribution in [1.82, 2.24) is 4.98 Å². The van der Waals surface area contributed by atoms with Gasteiger partial charge in [0.25, 0.3) is 0 Å². The summed E-state index contributed by atoms with van der Waals surface area (Å²) in [7, 11) is 0. The van der Waals surface area contributed by atoms with Crippen molar-refractivity contribution in [2.24, 2.45) is 0 Å². The van der Waals surface area contributed by atoms with Crippen molar-refractivity contribution in [1.29, 1.82) is 10.5 Å². The highest BCUT2D eigenvalue weighted by molar-refractivity contribution is 5.46. The van der Waals surface area contributed by atoms with Crippen LogP contribution >= 0.6 is 0 Å². The van der Waals surface area contributed by atoms with Crippen LogP contribution < -0.4 is 0 Å². The first-order chi connectivity index (χ1) is 7.51. The van der Waals surface area contributed by atoms with Crippen molar-refractivity contribution in [3.8, 4) is 12.1 Å². The monoisotopic (exact) mass is 213 g/mol. The largest absolute Gasteiger partial charge is 0.255 e. The summed E-state index contributed by atoms with van der Waals surface area (Å²) in [6.45, 7) is 8.00. The second kappa shape index (κ2) is 4.77. The van der Waals surface area contributed by atoms with Gasteiger partial charge in [0.15, 0.2) is 0 Å². The molecule has 0 saturated heterocycles. The Bertz CT molecular complexity index is 432. The van der Waals surface area contributed by atoms with Crippen molar-refractivity contribution in [2.45, 2.75) is 39.5 Å². The predicted molar refractivity (Wildman–Crippen MR) is 61.8 cm³/mol. The summed E-state index contributed by atoms with van der Waals surface area (Å²) in [4.78, 5) is 4.47. The molecule has 0 aliphatic heterocycles. The molecule has 0 fully saturated rings. The van der Waals surface area contributed by atoms with E-state index in [2.05, 4.69) is 17.1 Å². The van der Waals surface area contributed by atoms with E-state index in [9.17, 15) is 0 Å². The maximum Gasteiger partial charge on any atom is 0.101 e. The summed E-state index contributed by atoms with van der Waals surface area (Å²) >= 11 is 0. The lowest BCUT2D eigenvalue weighted by molar-refractivity contribution is 0.759. The fourth-order valence-corrected chi connectivity index (χ4v) is 1.60. The van der Waals surface area contributed by atoms with Gasteiger partial charge < -0.3 is 0 Å². The summed E-state index contributed by atoms with van der Waals surface area (Å²) in [6.07, 6.45) is 0. The average molecular weight is 213 g/mol. The molecular weight excluding hydrogens is 198 g/mol. The molecule has 1 aromatic heterocycles. The predicted octanol–water partition coefficient (Wildman–Crippen LogP) is 3.07. The summed E-state index contributed by atoms with van der Waals surface area (Å²) in [5.41, 5.74) is 2.59. The minimum atomic E-state index is 0.194. The van der Waals surface area contributed by atoms with Gasteiger partial charge in [0, 0.05) is 0 Å². The van der Waals surface area contributed by atoms with Gasteiger partial charge in [-0.25, -0.2) is 0 Å². The van der Waals surface area contributed by atoms with E-state index in [0.717, 1.165) is 11.4 Å². The lowest BCUT2D eigenvalue weighted by Crippen LogP contribution is -2.05.